The number of aliphatic hydroxyl groups is 2. The molecule has 4 heterocycles. The maximum atomic E-state index is 11.3. The van der Waals surface area contributed by atoms with E-state index in [-0.39, 0.29) is 0 Å². The maximum Gasteiger partial charge on any atom is 0.115 e. The lowest BCUT2D eigenvalue weighted by Crippen LogP contribution is -2.57. The minimum Gasteiger partial charge on any atom is -0.383 e. The van der Waals surface area contributed by atoms with E-state index in [9.17, 15) is 10.2 Å². The molecule has 4 bridgehead atoms. The number of rotatable bonds is 2. The SMILES string of the molecule is CN1CC2CCCC(C1)C2(O)c1cccc(Br)n1.CN1CC2CCCC(C1)C2(O)c1cccc(Br)n1. The second kappa shape index (κ2) is 10.7. The van der Waals surface area contributed by atoms with E-state index >= 15 is 0 Å². The Bertz CT molecular complexity index is 958. The van der Waals surface area contributed by atoms with Gasteiger partial charge in [-0.25, -0.2) is 9.97 Å². The highest BCUT2D eigenvalue weighted by molar-refractivity contribution is 9.10. The van der Waals surface area contributed by atoms with Gasteiger partial charge in [0.15, 0.2) is 0 Å². The van der Waals surface area contributed by atoms with Crippen LogP contribution >= 0.6 is 31.9 Å². The summed E-state index contributed by atoms with van der Waals surface area (Å²) >= 11 is 6.82. The van der Waals surface area contributed by atoms with Crippen LogP contribution in [-0.2, 0) is 11.2 Å². The molecule has 36 heavy (non-hydrogen) atoms. The van der Waals surface area contributed by atoms with Gasteiger partial charge in [-0.3, -0.25) is 0 Å². The Balaban J connectivity index is 0.000000148. The molecule has 4 atom stereocenters. The molecule has 0 amide bonds. The number of piperidine rings is 2. The summed E-state index contributed by atoms with van der Waals surface area (Å²) in [5.74, 6) is 1.27. The largest absolute Gasteiger partial charge is 0.383 e. The minimum absolute atomic E-state index is 0.316. The van der Waals surface area contributed by atoms with E-state index in [1.807, 2.05) is 36.4 Å². The lowest BCUT2D eigenvalue weighted by atomic mass is 9.64. The molecule has 196 valence electrons. The molecule has 4 aliphatic rings. The number of likely N-dealkylation sites (tertiary alicyclic amines) is 2. The van der Waals surface area contributed by atoms with Crippen LogP contribution in [0.4, 0.5) is 0 Å². The summed E-state index contributed by atoms with van der Waals surface area (Å²) in [4.78, 5) is 13.7. The second-order valence-corrected chi connectivity index (χ2v) is 13.1. The zero-order valence-corrected chi connectivity index (χ0v) is 24.5. The third-order valence-electron chi connectivity index (χ3n) is 9.08. The monoisotopic (exact) mass is 620 g/mol. The van der Waals surface area contributed by atoms with Crippen LogP contribution in [0, 0.1) is 23.7 Å². The predicted molar refractivity (Wildman–Crippen MR) is 148 cm³/mol. The maximum absolute atomic E-state index is 11.3. The lowest BCUT2D eigenvalue weighted by Gasteiger charge is -2.52. The van der Waals surface area contributed by atoms with Gasteiger partial charge < -0.3 is 20.0 Å². The standard InChI is InChI=1S/2C14H19BrN2O/c2*1-17-8-10-4-2-5-11(9-17)14(10,18)12-6-3-7-13(15)16-12/h2*3,6-7,10-11,18H,2,4-5,8-9H2,1H3. The van der Waals surface area contributed by atoms with Crippen molar-refractivity contribution in [2.45, 2.75) is 49.7 Å². The molecule has 2 aromatic heterocycles. The van der Waals surface area contributed by atoms with Gasteiger partial charge in [0.05, 0.1) is 11.4 Å². The Morgan fingerprint density at radius 1 is 0.667 bits per heavy atom. The molecule has 6 rings (SSSR count). The Morgan fingerprint density at radius 3 is 1.31 bits per heavy atom. The van der Waals surface area contributed by atoms with Gasteiger partial charge in [-0.15, -0.1) is 0 Å². The van der Waals surface area contributed by atoms with Crippen molar-refractivity contribution in [2.24, 2.45) is 23.7 Å². The predicted octanol–water partition coefficient (Wildman–Crippen LogP) is 4.79. The van der Waals surface area contributed by atoms with Crippen LogP contribution in [-0.4, -0.2) is 70.3 Å². The number of fused-ring (bicyclic) bond motifs is 4. The number of aromatic nitrogens is 2. The van der Waals surface area contributed by atoms with Crippen molar-refractivity contribution in [3.05, 3.63) is 57.0 Å². The summed E-state index contributed by atoms with van der Waals surface area (Å²) in [6, 6.07) is 11.7. The summed E-state index contributed by atoms with van der Waals surface area (Å²) in [6.07, 6.45) is 6.88. The third-order valence-corrected chi connectivity index (χ3v) is 9.96. The van der Waals surface area contributed by atoms with Crippen molar-refractivity contribution in [1.29, 1.82) is 0 Å². The van der Waals surface area contributed by atoms with Crippen LogP contribution in [0.2, 0.25) is 0 Å². The molecular weight excluding hydrogens is 584 g/mol. The Morgan fingerprint density at radius 2 is 1.00 bits per heavy atom. The number of hydrogen-bond acceptors (Lipinski definition) is 6. The summed E-state index contributed by atoms with van der Waals surface area (Å²) in [6.45, 7) is 3.89. The summed E-state index contributed by atoms with van der Waals surface area (Å²) in [5.41, 5.74) is 0.239. The van der Waals surface area contributed by atoms with E-state index in [1.165, 1.54) is 12.8 Å². The van der Waals surface area contributed by atoms with Crippen molar-refractivity contribution >= 4 is 31.9 Å². The Hall–Kier alpha value is -0.900. The molecule has 2 N–H and O–H groups in total. The van der Waals surface area contributed by atoms with E-state index in [0.717, 1.165) is 72.5 Å². The average Bonchev–Trinajstić information content (AvgIpc) is 2.81. The van der Waals surface area contributed by atoms with Crippen LogP contribution in [0.5, 0.6) is 0 Å². The number of halogens is 2. The highest BCUT2D eigenvalue weighted by Crippen LogP contribution is 2.49. The molecule has 0 aromatic carbocycles. The van der Waals surface area contributed by atoms with Crippen LogP contribution in [0.15, 0.2) is 45.6 Å². The first-order chi connectivity index (χ1) is 17.2. The number of nitrogens with zero attached hydrogens (tertiary/aromatic N) is 4. The molecule has 2 aliphatic carbocycles. The zero-order valence-electron chi connectivity index (χ0n) is 21.3. The molecule has 0 radical (unpaired) electrons. The van der Waals surface area contributed by atoms with Gasteiger partial charge in [0, 0.05) is 49.9 Å². The van der Waals surface area contributed by atoms with E-state index in [2.05, 4.69) is 65.7 Å². The molecule has 2 saturated heterocycles. The van der Waals surface area contributed by atoms with Crippen molar-refractivity contribution < 1.29 is 10.2 Å². The summed E-state index contributed by atoms with van der Waals surface area (Å²) < 4.78 is 1.62. The fraction of sp³-hybridized carbons (Fsp3) is 0.643. The first-order valence-corrected chi connectivity index (χ1v) is 14.9. The van der Waals surface area contributed by atoms with Gasteiger partial charge in [0.25, 0.3) is 0 Å². The van der Waals surface area contributed by atoms with E-state index < -0.39 is 11.2 Å². The molecule has 2 aromatic rings. The van der Waals surface area contributed by atoms with Gasteiger partial charge >= 0.3 is 0 Å². The van der Waals surface area contributed by atoms with Crippen molar-refractivity contribution in [3.8, 4) is 0 Å². The Labute approximate surface area is 231 Å². The zero-order chi connectivity index (χ0) is 25.5. The lowest BCUT2D eigenvalue weighted by molar-refractivity contribution is -0.145. The molecule has 6 nitrogen and oxygen atoms in total. The third kappa shape index (κ3) is 4.94. The van der Waals surface area contributed by atoms with Gasteiger partial charge in [0.2, 0.25) is 0 Å². The van der Waals surface area contributed by atoms with Crippen LogP contribution in [0.25, 0.3) is 0 Å². The average molecular weight is 622 g/mol. The molecule has 2 saturated carbocycles. The minimum atomic E-state index is -0.728. The normalized spacial score (nSPS) is 36.6. The Kier molecular flexibility index (Phi) is 7.93. The van der Waals surface area contributed by atoms with Crippen LogP contribution in [0.1, 0.15) is 49.9 Å². The quantitative estimate of drug-likeness (QED) is 0.470. The van der Waals surface area contributed by atoms with Crippen molar-refractivity contribution in [1.82, 2.24) is 19.8 Å². The fourth-order valence-corrected chi connectivity index (χ4v) is 8.13. The van der Waals surface area contributed by atoms with E-state index in [1.54, 1.807) is 0 Å². The number of hydrogen-bond donors (Lipinski definition) is 2. The molecule has 2 aliphatic heterocycles. The van der Waals surface area contributed by atoms with Crippen LogP contribution < -0.4 is 0 Å². The van der Waals surface area contributed by atoms with Crippen molar-refractivity contribution in [3.63, 3.8) is 0 Å². The van der Waals surface area contributed by atoms with E-state index in [4.69, 9.17) is 0 Å². The smallest absolute Gasteiger partial charge is 0.115 e. The summed E-state index contributed by atoms with van der Waals surface area (Å²) in [5, 5.41) is 22.5. The topological polar surface area (TPSA) is 72.7 Å². The van der Waals surface area contributed by atoms with Crippen LogP contribution in [0.3, 0.4) is 0 Å². The van der Waals surface area contributed by atoms with E-state index in [0.29, 0.717) is 23.7 Å². The first kappa shape index (κ1) is 26.7. The number of pyridine rings is 2. The molecule has 4 unspecified atom stereocenters. The summed E-state index contributed by atoms with van der Waals surface area (Å²) in [7, 11) is 4.30. The highest BCUT2D eigenvalue weighted by atomic mass is 79.9. The fourth-order valence-electron chi connectivity index (χ4n) is 7.44. The molecule has 4 fully saturated rings. The first-order valence-electron chi connectivity index (χ1n) is 13.3. The van der Waals surface area contributed by atoms with Gasteiger partial charge in [-0.2, -0.15) is 0 Å². The van der Waals surface area contributed by atoms with Crippen molar-refractivity contribution in [2.75, 3.05) is 40.3 Å². The van der Waals surface area contributed by atoms with Gasteiger partial charge in [-0.05, 0) is 95.9 Å². The van der Waals surface area contributed by atoms with Gasteiger partial charge in [0.1, 0.15) is 20.4 Å². The molecule has 0 spiro atoms. The van der Waals surface area contributed by atoms with Gasteiger partial charge in [-0.1, -0.05) is 25.0 Å². The highest BCUT2D eigenvalue weighted by Gasteiger charge is 2.53. The molecular formula is C28H38Br2N4O2. The molecule has 8 heteroatoms. The second-order valence-electron chi connectivity index (χ2n) is 11.4.